The van der Waals surface area contributed by atoms with Gasteiger partial charge in [-0.05, 0) is 36.4 Å². The third kappa shape index (κ3) is 3.58. The van der Waals surface area contributed by atoms with E-state index in [1.807, 2.05) is 95.8 Å². The van der Waals surface area contributed by atoms with Gasteiger partial charge in [-0.1, -0.05) is 60.1 Å². The van der Waals surface area contributed by atoms with E-state index in [0.29, 0.717) is 16.5 Å². The number of aromatic nitrogens is 2. The molecular weight excluding hydrogens is 396 g/mol. The fourth-order valence-electron chi connectivity index (χ4n) is 3.21. The van der Waals surface area contributed by atoms with Crippen LogP contribution in [0.4, 0.5) is 5.69 Å². The molecule has 0 aliphatic rings. The van der Waals surface area contributed by atoms with Crippen molar-refractivity contribution >= 4 is 34.5 Å². The number of para-hydroxylation sites is 3. The zero-order valence-corrected chi connectivity index (χ0v) is 16.6. The Balaban J connectivity index is 1.55. The summed E-state index contributed by atoms with van der Waals surface area (Å²) in [6.45, 7) is 0. The minimum Gasteiger partial charge on any atom is -0.454 e. The molecule has 0 spiro atoms. The maximum Gasteiger partial charge on any atom is 0.156 e. The van der Waals surface area contributed by atoms with E-state index in [2.05, 4.69) is 10.5 Å². The first kappa shape index (κ1) is 18.2. The lowest BCUT2D eigenvalue weighted by atomic mass is 10.2. The zero-order valence-electron chi connectivity index (χ0n) is 15.9. The number of rotatable bonds is 5. The van der Waals surface area contributed by atoms with Gasteiger partial charge >= 0.3 is 0 Å². The third-order valence-electron chi connectivity index (χ3n) is 4.68. The quantitative estimate of drug-likeness (QED) is 0.269. The molecule has 0 aliphatic carbocycles. The lowest BCUT2D eigenvalue weighted by Crippen LogP contribution is -1.93. The molecule has 0 aliphatic heterocycles. The van der Waals surface area contributed by atoms with Crippen LogP contribution in [0.1, 0.15) is 5.56 Å². The van der Waals surface area contributed by atoms with E-state index >= 15 is 0 Å². The molecule has 6 heteroatoms. The SMILES string of the molecule is Clc1ccccc1N/N=C/c1cn(-c2ccccc2)nc1-c1cc2ccccc2o1. The summed E-state index contributed by atoms with van der Waals surface area (Å²) in [5.41, 5.74) is 7.01. The molecule has 2 heterocycles. The Hall–Kier alpha value is -3.83. The molecule has 0 saturated carbocycles. The molecule has 0 saturated heterocycles. The molecule has 5 nitrogen and oxygen atoms in total. The normalized spacial score (nSPS) is 11.4. The topological polar surface area (TPSA) is 55.4 Å². The Bertz CT molecular complexity index is 1300. The predicted octanol–water partition coefficient (Wildman–Crippen LogP) is 6.38. The fraction of sp³-hybridized carbons (Fsp3) is 0. The number of nitrogens with zero attached hydrogens (tertiary/aromatic N) is 3. The summed E-state index contributed by atoms with van der Waals surface area (Å²) in [6, 6.07) is 27.3. The number of halogens is 1. The number of nitrogens with one attached hydrogen (secondary N) is 1. The molecule has 2 aromatic heterocycles. The summed E-state index contributed by atoms with van der Waals surface area (Å²) in [5.74, 6) is 0.685. The van der Waals surface area contributed by atoms with E-state index in [1.54, 1.807) is 6.21 Å². The number of furan rings is 1. The van der Waals surface area contributed by atoms with Gasteiger partial charge in [-0.15, -0.1) is 0 Å². The van der Waals surface area contributed by atoms with E-state index in [-0.39, 0.29) is 0 Å². The molecule has 0 radical (unpaired) electrons. The van der Waals surface area contributed by atoms with E-state index in [9.17, 15) is 0 Å². The van der Waals surface area contributed by atoms with Crippen molar-refractivity contribution in [2.75, 3.05) is 5.43 Å². The Morgan fingerprint density at radius 2 is 1.70 bits per heavy atom. The van der Waals surface area contributed by atoms with Crippen molar-refractivity contribution < 1.29 is 4.42 Å². The van der Waals surface area contributed by atoms with Gasteiger partial charge in [0.1, 0.15) is 11.3 Å². The predicted molar refractivity (Wildman–Crippen MR) is 121 cm³/mol. The summed E-state index contributed by atoms with van der Waals surface area (Å²) in [5, 5.41) is 10.8. The highest BCUT2D eigenvalue weighted by Crippen LogP contribution is 2.29. The van der Waals surface area contributed by atoms with Gasteiger partial charge in [0.2, 0.25) is 0 Å². The smallest absolute Gasteiger partial charge is 0.156 e. The Labute approximate surface area is 178 Å². The van der Waals surface area contributed by atoms with E-state index < -0.39 is 0 Å². The molecule has 0 atom stereocenters. The largest absolute Gasteiger partial charge is 0.454 e. The molecule has 0 unspecified atom stereocenters. The summed E-state index contributed by atoms with van der Waals surface area (Å²) in [4.78, 5) is 0. The highest BCUT2D eigenvalue weighted by molar-refractivity contribution is 6.33. The van der Waals surface area contributed by atoms with Gasteiger partial charge in [-0.25, -0.2) is 4.68 Å². The molecule has 0 bridgehead atoms. The second kappa shape index (κ2) is 7.89. The average molecular weight is 413 g/mol. The zero-order chi connectivity index (χ0) is 20.3. The lowest BCUT2D eigenvalue weighted by Gasteiger charge is -2.01. The van der Waals surface area contributed by atoms with Gasteiger partial charge in [0.05, 0.1) is 22.6 Å². The number of hydrogen-bond donors (Lipinski definition) is 1. The maximum atomic E-state index is 6.19. The number of hydrazone groups is 1. The second-order valence-corrected chi connectivity index (χ2v) is 7.12. The first-order valence-electron chi connectivity index (χ1n) is 9.45. The number of hydrogen-bond acceptors (Lipinski definition) is 4. The lowest BCUT2D eigenvalue weighted by molar-refractivity contribution is 0.627. The van der Waals surface area contributed by atoms with Gasteiger partial charge in [0.25, 0.3) is 0 Å². The van der Waals surface area contributed by atoms with Crippen LogP contribution >= 0.6 is 11.6 Å². The highest BCUT2D eigenvalue weighted by atomic mass is 35.5. The fourth-order valence-corrected chi connectivity index (χ4v) is 3.39. The van der Waals surface area contributed by atoms with Crippen LogP contribution in [-0.4, -0.2) is 16.0 Å². The van der Waals surface area contributed by atoms with Crippen molar-refractivity contribution in [3.8, 4) is 17.1 Å². The van der Waals surface area contributed by atoms with Crippen LogP contribution in [0.25, 0.3) is 28.1 Å². The molecule has 0 fully saturated rings. The molecular formula is C24H17ClN4O. The third-order valence-corrected chi connectivity index (χ3v) is 5.01. The van der Waals surface area contributed by atoms with E-state index in [1.165, 1.54) is 0 Å². The minimum atomic E-state index is 0.604. The first-order chi connectivity index (χ1) is 14.8. The van der Waals surface area contributed by atoms with Crippen LogP contribution in [-0.2, 0) is 0 Å². The average Bonchev–Trinajstić information content (AvgIpc) is 3.40. The Morgan fingerprint density at radius 1 is 0.933 bits per heavy atom. The van der Waals surface area contributed by atoms with Crippen LogP contribution in [0, 0.1) is 0 Å². The van der Waals surface area contributed by atoms with E-state index in [0.717, 1.165) is 27.9 Å². The first-order valence-corrected chi connectivity index (χ1v) is 9.83. The summed E-state index contributed by atoms with van der Waals surface area (Å²) in [6.07, 6.45) is 3.65. The minimum absolute atomic E-state index is 0.604. The summed E-state index contributed by atoms with van der Waals surface area (Å²) < 4.78 is 7.87. The van der Waals surface area contributed by atoms with Gasteiger partial charge < -0.3 is 4.42 Å². The van der Waals surface area contributed by atoms with Crippen LogP contribution in [0.5, 0.6) is 0 Å². The van der Waals surface area contributed by atoms with Crippen molar-refractivity contribution in [3.63, 3.8) is 0 Å². The van der Waals surface area contributed by atoms with Crippen LogP contribution in [0.2, 0.25) is 5.02 Å². The molecule has 1 N–H and O–H groups in total. The van der Waals surface area contributed by atoms with Crippen LogP contribution in [0.3, 0.4) is 0 Å². The number of anilines is 1. The molecule has 3 aromatic carbocycles. The van der Waals surface area contributed by atoms with Crippen molar-refractivity contribution in [1.82, 2.24) is 9.78 Å². The number of benzene rings is 3. The van der Waals surface area contributed by atoms with E-state index in [4.69, 9.17) is 21.1 Å². The van der Waals surface area contributed by atoms with Crippen molar-refractivity contribution in [2.24, 2.45) is 5.10 Å². The monoisotopic (exact) mass is 412 g/mol. The van der Waals surface area contributed by atoms with Gasteiger partial charge in [-0.3, -0.25) is 5.43 Å². The van der Waals surface area contributed by atoms with Crippen molar-refractivity contribution in [2.45, 2.75) is 0 Å². The summed E-state index contributed by atoms with van der Waals surface area (Å²) in [7, 11) is 0. The Morgan fingerprint density at radius 3 is 2.53 bits per heavy atom. The summed E-state index contributed by atoms with van der Waals surface area (Å²) >= 11 is 6.19. The highest BCUT2D eigenvalue weighted by Gasteiger charge is 2.15. The second-order valence-electron chi connectivity index (χ2n) is 6.71. The molecule has 5 rings (SSSR count). The van der Waals surface area contributed by atoms with Crippen LogP contribution < -0.4 is 5.43 Å². The van der Waals surface area contributed by atoms with Gasteiger partial charge in [-0.2, -0.15) is 10.2 Å². The Kier molecular flexibility index (Phi) is 4.79. The van der Waals surface area contributed by atoms with Gasteiger partial charge in [0.15, 0.2) is 5.76 Å². The standard InChI is InChI=1S/C24H17ClN4O/c25-20-11-5-6-12-21(20)27-26-15-18-16-29(19-9-2-1-3-10-19)28-24(18)23-14-17-8-4-7-13-22(17)30-23/h1-16,27H/b26-15+. The number of fused-ring (bicyclic) bond motifs is 1. The molecule has 5 aromatic rings. The molecule has 0 amide bonds. The van der Waals surface area contributed by atoms with Crippen molar-refractivity contribution in [1.29, 1.82) is 0 Å². The van der Waals surface area contributed by atoms with Gasteiger partial charge in [0, 0.05) is 17.1 Å². The van der Waals surface area contributed by atoms with Crippen LogP contribution in [0.15, 0.2) is 101 Å². The molecule has 146 valence electrons. The molecule has 30 heavy (non-hydrogen) atoms. The van der Waals surface area contributed by atoms with Crippen molar-refractivity contribution in [3.05, 3.63) is 102 Å². The maximum absolute atomic E-state index is 6.19.